The Morgan fingerprint density at radius 3 is 2.41 bits per heavy atom. The normalized spacial score (nSPS) is 12.0. The molecule has 0 spiro atoms. The van der Waals surface area contributed by atoms with Gasteiger partial charge in [-0.1, -0.05) is 61.1 Å². The smallest absolute Gasteiger partial charge is 0.303 e. The summed E-state index contributed by atoms with van der Waals surface area (Å²) in [5.41, 5.74) is 7.52. The Balaban J connectivity index is 1.98. The topological polar surface area (TPSA) is 83.3 Å². The quantitative estimate of drug-likeness (QED) is 0.406. The van der Waals surface area contributed by atoms with Gasteiger partial charge < -0.3 is 10.2 Å². The molecule has 3 rings (SSSR count). The van der Waals surface area contributed by atoms with Crippen LogP contribution in [0.4, 0.5) is 0 Å². The lowest BCUT2D eigenvalue weighted by Crippen LogP contribution is -2.01. The Kier molecular flexibility index (Phi) is 8.28. The zero-order chi connectivity index (χ0) is 22.9. The van der Waals surface area contributed by atoms with Crippen molar-refractivity contribution in [2.24, 2.45) is 0 Å². The van der Waals surface area contributed by atoms with Crippen LogP contribution in [-0.4, -0.2) is 26.2 Å². The summed E-state index contributed by atoms with van der Waals surface area (Å²) in [6.07, 6.45) is 9.01. The molecular weight excluding hydrogens is 400 g/mol. The molecule has 5 heteroatoms. The van der Waals surface area contributed by atoms with Crippen LogP contribution in [0.15, 0.2) is 66.3 Å². The monoisotopic (exact) mass is 430 g/mol. The molecule has 0 aliphatic carbocycles. The molecule has 0 bridgehead atoms. The predicted octanol–water partition coefficient (Wildman–Crippen LogP) is 5.65. The lowest BCUT2D eigenvalue weighted by molar-refractivity contribution is -0.136. The summed E-state index contributed by atoms with van der Waals surface area (Å²) < 4.78 is 0. The van der Waals surface area contributed by atoms with Gasteiger partial charge in [-0.15, -0.1) is 0 Å². The summed E-state index contributed by atoms with van der Waals surface area (Å²) in [5, 5.41) is 18.4. The van der Waals surface area contributed by atoms with E-state index in [2.05, 4.69) is 31.2 Å². The van der Waals surface area contributed by atoms with E-state index in [1.54, 1.807) is 0 Å². The molecule has 0 atom stereocenters. The number of allylic oxidation sites excluding steroid dienone is 4. The summed E-state index contributed by atoms with van der Waals surface area (Å²) in [6.45, 7) is 4.05. The molecule has 0 saturated heterocycles. The zero-order valence-corrected chi connectivity index (χ0v) is 18.7. The Labute approximate surface area is 189 Å². The van der Waals surface area contributed by atoms with E-state index in [1.165, 1.54) is 5.56 Å². The van der Waals surface area contributed by atoms with Gasteiger partial charge in [-0.25, -0.2) is 9.97 Å². The minimum atomic E-state index is -0.793. The molecule has 3 aromatic rings. The average Bonchev–Trinajstić information content (AvgIpc) is 2.81. The molecule has 0 aliphatic heterocycles. The summed E-state index contributed by atoms with van der Waals surface area (Å²) in [7, 11) is 0. The van der Waals surface area contributed by atoms with Crippen LogP contribution in [0.3, 0.4) is 0 Å². The van der Waals surface area contributed by atoms with E-state index in [0.717, 1.165) is 52.0 Å². The van der Waals surface area contributed by atoms with Crippen LogP contribution in [0.2, 0.25) is 0 Å². The predicted molar refractivity (Wildman–Crippen MR) is 128 cm³/mol. The van der Waals surface area contributed by atoms with E-state index in [4.69, 9.17) is 15.1 Å². The van der Waals surface area contributed by atoms with E-state index in [9.17, 15) is 9.90 Å². The first-order valence-electron chi connectivity index (χ1n) is 11.1. The highest BCUT2D eigenvalue weighted by atomic mass is 16.4. The lowest BCUT2D eigenvalue weighted by atomic mass is 10.0. The van der Waals surface area contributed by atoms with Crippen LogP contribution >= 0.6 is 0 Å². The first kappa shape index (κ1) is 23.4. The highest BCUT2D eigenvalue weighted by molar-refractivity contribution is 5.79. The summed E-state index contributed by atoms with van der Waals surface area (Å²) in [6, 6.07) is 14.1. The minimum absolute atomic E-state index is 0.0368. The number of benzene rings is 2. The highest BCUT2D eigenvalue weighted by Crippen LogP contribution is 2.26. The van der Waals surface area contributed by atoms with Gasteiger partial charge in [0, 0.05) is 12.0 Å². The van der Waals surface area contributed by atoms with Crippen LogP contribution in [-0.2, 0) is 24.2 Å². The van der Waals surface area contributed by atoms with Gasteiger partial charge in [0.15, 0.2) is 0 Å². The zero-order valence-electron chi connectivity index (χ0n) is 18.7. The number of aliphatic hydroxyl groups excluding tert-OH is 1. The Bertz CT molecular complexity index is 1130. The van der Waals surface area contributed by atoms with Gasteiger partial charge in [0.05, 0.1) is 29.0 Å². The first-order chi connectivity index (χ1) is 15.5. The molecule has 5 nitrogen and oxygen atoms in total. The SMILES string of the molecule is C/C=C\C(=C/CCC(=O)O)CCc1nc2cc(CO)ccc2nc1-c1ccc(CC)cc1. The van der Waals surface area contributed by atoms with Crippen molar-refractivity contribution in [2.45, 2.75) is 52.6 Å². The van der Waals surface area contributed by atoms with Crippen molar-refractivity contribution in [1.29, 1.82) is 0 Å². The van der Waals surface area contributed by atoms with Crippen molar-refractivity contribution in [3.63, 3.8) is 0 Å². The standard InChI is InChI=1S/C27H30N2O3/c1-3-6-20(7-5-8-26(31)32)11-16-24-27(22-13-9-19(4-2)10-14-22)29-23-15-12-21(18-30)17-25(23)28-24/h3,6-7,9-10,12-15,17,30H,4-5,8,11,16,18H2,1-2H3,(H,31,32)/b6-3-,20-7+. The molecular formula is C27H30N2O3. The van der Waals surface area contributed by atoms with Crippen LogP contribution in [0.5, 0.6) is 0 Å². The number of hydrogen-bond donors (Lipinski definition) is 2. The molecule has 0 fully saturated rings. The number of carbonyl (C=O) groups is 1. The Hall–Kier alpha value is -3.31. The van der Waals surface area contributed by atoms with Gasteiger partial charge in [0.2, 0.25) is 0 Å². The van der Waals surface area contributed by atoms with E-state index >= 15 is 0 Å². The fourth-order valence-corrected chi connectivity index (χ4v) is 3.65. The second-order valence-electron chi connectivity index (χ2n) is 7.76. The van der Waals surface area contributed by atoms with Crippen molar-refractivity contribution in [1.82, 2.24) is 9.97 Å². The Morgan fingerprint density at radius 1 is 1.00 bits per heavy atom. The molecule has 1 aromatic heterocycles. The van der Waals surface area contributed by atoms with Gasteiger partial charge in [0.25, 0.3) is 0 Å². The molecule has 2 aromatic carbocycles. The van der Waals surface area contributed by atoms with E-state index in [1.807, 2.05) is 43.4 Å². The van der Waals surface area contributed by atoms with Crippen molar-refractivity contribution in [3.05, 3.63) is 83.1 Å². The van der Waals surface area contributed by atoms with E-state index in [-0.39, 0.29) is 13.0 Å². The maximum atomic E-state index is 10.9. The van der Waals surface area contributed by atoms with Crippen LogP contribution in [0.1, 0.15) is 49.9 Å². The number of rotatable bonds is 10. The lowest BCUT2D eigenvalue weighted by Gasteiger charge is -2.12. The fourth-order valence-electron chi connectivity index (χ4n) is 3.65. The Morgan fingerprint density at radius 2 is 1.75 bits per heavy atom. The van der Waals surface area contributed by atoms with Gasteiger partial charge >= 0.3 is 5.97 Å². The number of fused-ring (bicyclic) bond motifs is 1. The van der Waals surface area contributed by atoms with Crippen molar-refractivity contribution in [2.75, 3.05) is 0 Å². The average molecular weight is 431 g/mol. The second-order valence-corrected chi connectivity index (χ2v) is 7.76. The molecule has 0 radical (unpaired) electrons. The third-order valence-corrected chi connectivity index (χ3v) is 5.41. The minimum Gasteiger partial charge on any atom is -0.481 e. The number of aliphatic hydroxyl groups is 1. The number of carboxylic acids is 1. The molecule has 0 unspecified atom stereocenters. The third kappa shape index (κ3) is 6.11. The van der Waals surface area contributed by atoms with E-state index < -0.39 is 5.97 Å². The van der Waals surface area contributed by atoms with Gasteiger partial charge in [-0.05, 0) is 55.9 Å². The van der Waals surface area contributed by atoms with Crippen LogP contribution in [0, 0.1) is 0 Å². The number of aryl methyl sites for hydroxylation is 2. The molecule has 0 saturated carbocycles. The molecule has 0 aliphatic rings. The van der Waals surface area contributed by atoms with Gasteiger partial charge in [0.1, 0.15) is 0 Å². The first-order valence-corrected chi connectivity index (χ1v) is 11.1. The van der Waals surface area contributed by atoms with Gasteiger partial charge in [-0.2, -0.15) is 0 Å². The molecule has 2 N–H and O–H groups in total. The van der Waals surface area contributed by atoms with Gasteiger partial charge in [-0.3, -0.25) is 4.79 Å². The largest absolute Gasteiger partial charge is 0.481 e. The summed E-state index contributed by atoms with van der Waals surface area (Å²) in [4.78, 5) is 20.7. The number of nitrogens with zero attached hydrogens (tertiary/aromatic N) is 2. The molecule has 0 amide bonds. The van der Waals surface area contributed by atoms with Crippen molar-refractivity contribution in [3.8, 4) is 11.3 Å². The van der Waals surface area contributed by atoms with Crippen molar-refractivity contribution >= 4 is 17.0 Å². The molecule has 1 heterocycles. The highest BCUT2D eigenvalue weighted by Gasteiger charge is 2.12. The maximum absolute atomic E-state index is 10.9. The van der Waals surface area contributed by atoms with Crippen molar-refractivity contribution < 1.29 is 15.0 Å². The number of carboxylic acid groups (broad SMARTS) is 1. The number of hydrogen-bond acceptors (Lipinski definition) is 4. The summed E-state index contributed by atoms with van der Waals surface area (Å²) >= 11 is 0. The molecule has 32 heavy (non-hydrogen) atoms. The summed E-state index contributed by atoms with van der Waals surface area (Å²) in [5.74, 6) is -0.793. The van der Waals surface area contributed by atoms with Crippen LogP contribution < -0.4 is 0 Å². The van der Waals surface area contributed by atoms with Crippen LogP contribution in [0.25, 0.3) is 22.3 Å². The molecule has 166 valence electrons. The third-order valence-electron chi connectivity index (χ3n) is 5.41. The van der Waals surface area contributed by atoms with E-state index in [0.29, 0.717) is 12.8 Å². The number of aliphatic carboxylic acids is 1. The maximum Gasteiger partial charge on any atom is 0.303 e. The number of aromatic nitrogens is 2. The second kappa shape index (κ2) is 11.3. The fraction of sp³-hybridized carbons (Fsp3) is 0.296.